The molecule has 1 aromatic carbocycles. The fraction of sp³-hybridized carbons (Fsp3) is 0.579. The van der Waals surface area contributed by atoms with Crippen LogP contribution in [-0.4, -0.2) is 42.4 Å². The average Bonchev–Trinajstić information content (AvgIpc) is 2.98. The Hall–Kier alpha value is -2.04. The standard InChI is InChI=1S/C19H25NO4/c1-4-13(5-2)18(22)20-9-8-19(12-20)11-16(21)15-10-14(23-3)6-7-17(15)24-19/h6-7,10,13H,4-5,8-9,11-12H2,1-3H3. The Kier molecular flexibility index (Phi) is 4.52. The highest BCUT2D eigenvalue weighted by Crippen LogP contribution is 2.40. The zero-order valence-corrected chi connectivity index (χ0v) is 14.6. The smallest absolute Gasteiger partial charge is 0.225 e. The highest BCUT2D eigenvalue weighted by molar-refractivity contribution is 6.01. The van der Waals surface area contributed by atoms with Crippen molar-refractivity contribution in [3.63, 3.8) is 0 Å². The molecule has 2 aliphatic rings. The Labute approximate surface area is 142 Å². The molecule has 1 amide bonds. The normalized spacial score (nSPS) is 22.7. The van der Waals surface area contributed by atoms with Crippen molar-refractivity contribution in [2.75, 3.05) is 20.2 Å². The van der Waals surface area contributed by atoms with E-state index < -0.39 is 5.60 Å². The van der Waals surface area contributed by atoms with Crippen molar-refractivity contribution in [1.29, 1.82) is 0 Å². The molecule has 1 spiro atoms. The number of likely N-dealkylation sites (tertiary alicyclic amines) is 1. The summed E-state index contributed by atoms with van der Waals surface area (Å²) in [7, 11) is 1.58. The molecule has 0 aliphatic carbocycles. The molecule has 0 aromatic heterocycles. The van der Waals surface area contributed by atoms with E-state index in [-0.39, 0.29) is 17.6 Å². The van der Waals surface area contributed by atoms with Crippen LogP contribution in [0.4, 0.5) is 0 Å². The van der Waals surface area contributed by atoms with Crippen molar-refractivity contribution in [3.05, 3.63) is 23.8 Å². The van der Waals surface area contributed by atoms with Crippen LogP contribution in [0, 0.1) is 5.92 Å². The third kappa shape index (κ3) is 2.87. The van der Waals surface area contributed by atoms with Gasteiger partial charge in [-0.3, -0.25) is 9.59 Å². The van der Waals surface area contributed by atoms with Crippen LogP contribution in [0.15, 0.2) is 18.2 Å². The molecule has 0 bridgehead atoms. The maximum atomic E-state index is 12.6. The topological polar surface area (TPSA) is 55.8 Å². The minimum Gasteiger partial charge on any atom is -0.497 e. The Balaban J connectivity index is 1.79. The summed E-state index contributed by atoms with van der Waals surface area (Å²) in [5.41, 5.74) is 0.00475. The van der Waals surface area contributed by atoms with Crippen LogP contribution in [0.1, 0.15) is 49.9 Å². The number of carbonyl (C=O) groups is 2. The molecule has 0 N–H and O–H groups in total. The number of carbonyl (C=O) groups excluding carboxylic acids is 2. The van der Waals surface area contributed by atoms with E-state index in [0.29, 0.717) is 43.0 Å². The van der Waals surface area contributed by atoms with E-state index in [4.69, 9.17) is 9.47 Å². The second-order valence-electron chi connectivity index (χ2n) is 6.77. The van der Waals surface area contributed by atoms with Gasteiger partial charge in [-0.05, 0) is 31.0 Å². The molecule has 5 nitrogen and oxygen atoms in total. The van der Waals surface area contributed by atoms with Crippen molar-refractivity contribution in [2.24, 2.45) is 5.92 Å². The van der Waals surface area contributed by atoms with E-state index in [9.17, 15) is 9.59 Å². The molecule has 5 heteroatoms. The number of ketones is 1. The number of hydrogen-bond donors (Lipinski definition) is 0. The fourth-order valence-electron chi connectivity index (χ4n) is 3.76. The van der Waals surface area contributed by atoms with E-state index in [2.05, 4.69) is 0 Å². The third-order valence-corrected chi connectivity index (χ3v) is 5.26. The number of benzene rings is 1. The number of fused-ring (bicyclic) bond motifs is 1. The van der Waals surface area contributed by atoms with Crippen molar-refractivity contribution in [2.45, 2.75) is 45.1 Å². The van der Waals surface area contributed by atoms with E-state index in [1.54, 1.807) is 25.3 Å². The van der Waals surface area contributed by atoms with E-state index in [0.717, 1.165) is 12.8 Å². The van der Waals surface area contributed by atoms with Crippen LogP contribution < -0.4 is 9.47 Å². The minimum absolute atomic E-state index is 0.0620. The molecule has 130 valence electrons. The van der Waals surface area contributed by atoms with Crippen molar-refractivity contribution < 1.29 is 19.1 Å². The number of nitrogens with zero attached hydrogens (tertiary/aromatic N) is 1. The monoisotopic (exact) mass is 331 g/mol. The molecule has 1 fully saturated rings. The van der Waals surface area contributed by atoms with Gasteiger partial charge in [0, 0.05) is 18.9 Å². The molecular formula is C19H25NO4. The fourth-order valence-corrected chi connectivity index (χ4v) is 3.76. The van der Waals surface area contributed by atoms with E-state index >= 15 is 0 Å². The summed E-state index contributed by atoms with van der Waals surface area (Å²) in [5, 5.41) is 0. The van der Waals surface area contributed by atoms with Crippen LogP contribution in [0.3, 0.4) is 0 Å². The molecule has 3 rings (SSSR count). The number of amides is 1. The molecule has 0 radical (unpaired) electrons. The third-order valence-electron chi connectivity index (χ3n) is 5.26. The maximum Gasteiger partial charge on any atom is 0.225 e. The minimum atomic E-state index is -0.569. The van der Waals surface area contributed by atoms with Gasteiger partial charge in [-0.15, -0.1) is 0 Å². The average molecular weight is 331 g/mol. The molecular weight excluding hydrogens is 306 g/mol. The van der Waals surface area contributed by atoms with Gasteiger partial charge in [-0.25, -0.2) is 0 Å². The summed E-state index contributed by atoms with van der Waals surface area (Å²) in [6.45, 7) is 5.25. The van der Waals surface area contributed by atoms with Crippen LogP contribution in [0.5, 0.6) is 11.5 Å². The highest BCUT2D eigenvalue weighted by atomic mass is 16.5. The Morgan fingerprint density at radius 2 is 2.12 bits per heavy atom. The Bertz CT molecular complexity index is 653. The molecule has 1 atom stereocenters. The summed E-state index contributed by atoms with van der Waals surface area (Å²) in [6.07, 6.45) is 2.72. The number of methoxy groups -OCH3 is 1. The van der Waals surface area contributed by atoms with Gasteiger partial charge in [-0.2, -0.15) is 0 Å². The predicted octanol–water partition coefficient (Wildman–Crippen LogP) is 3.07. The SMILES string of the molecule is CCC(CC)C(=O)N1CCC2(CC(=O)c3cc(OC)ccc3O2)C1. The first kappa shape index (κ1) is 16.8. The van der Waals surface area contributed by atoms with Gasteiger partial charge in [0.25, 0.3) is 0 Å². The largest absolute Gasteiger partial charge is 0.497 e. The van der Waals surface area contributed by atoms with Crippen LogP contribution in [0.25, 0.3) is 0 Å². The second kappa shape index (κ2) is 6.46. The summed E-state index contributed by atoms with van der Waals surface area (Å²) in [6, 6.07) is 5.32. The van der Waals surface area contributed by atoms with Gasteiger partial charge < -0.3 is 14.4 Å². The zero-order valence-electron chi connectivity index (χ0n) is 14.6. The summed E-state index contributed by atoms with van der Waals surface area (Å²) in [5.74, 6) is 1.57. The summed E-state index contributed by atoms with van der Waals surface area (Å²) < 4.78 is 11.4. The summed E-state index contributed by atoms with van der Waals surface area (Å²) in [4.78, 5) is 27.1. The van der Waals surface area contributed by atoms with Gasteiger partial charge in [0.05, 0.1) is 25.6 Å². The number of ether oxygens (including phenoxy) is 2. The number of rotatable bonds is 4. The van der Waals surface area contributed by atoms with E-state index in [1.165, 1.54) is 0 Å². The number of Topliss-reactive ketones (excluding diaryl/α,β-unsaturated/α-hetero) is 1. The maximum absolute atomic E-state index is 12.6. The van der Waals surface area contributed by atoms with Gasteiger partial charge in [-0.1, -0.05) is 13.8 Å². The lowest BCUT2D eigenvalue weighted by atomic mass is 9.89. The van der Waals surface area contributed by atoms with Crippen molar-refractivity contribution in [3.8, 4) is 11.5 Å². The molecule has 1 aromatic rings. The Morgan fingerprint density at radius 1 is 1.38 bits per heavy atom. The molecule has 2 aliphatic heterocycles. The lowest BCUT2D eigenvalue weighted by molar-refractivity contribution is -0.135. The van der Waals surface area contributed by atoms with Gasteiger partial charge in [0.15, 0.2) is 5.78 Å². The first-order valence-corrected chi connectivity index (χ1v) is 8.71. The van der Waals surface area contributed by atoms with Crippen LogP contribution >= 0.6 is 0 Å². The highest BCUT2D eigenvalue weighted by Gasteiger charge is 2.47. The molecule has 0 saturated carbocycles. The first-order chi connectivity index (χ1) is 11.5. The van der Waals surface area contributed by atoms with Crippen molar-refractivity contribution in [1.82, 2.24) is 4.90 Å². The van der Waals surface area contributed by atoms with E-state index in [1.807, 2.05) is 18.7 Å². The second-order valence-corrected chi connectivity index (χ2v) is 6.77. The van der Waals surface area contributed by atoms with Crippen molar-refractivity contribution >= 4 is 11.7 Å². The molecule has 1 unspecified atom stereocenters. The molecule has 2 heterocycles. The lowest BCUT2D eigenvalue weighted by Crippen LogP contribution is -2.46. The first-order valence-electron chi connectivity index (χ1n) is 8.71. The van der Waals surface area contributed by atoms with Gasteiger partial charge >= 0.3 is 0 Å². The van der Waals surface area contributed by atoms with Gasteiger partial charge in [0.2, 0.25) is 5.91 Å². The van der Waals surface area contributed by atoms with Crippen LogP contribution in [-0.2, 0) is 4.79 Å². The predicted molar refractivity (Wildman–Crippen MR) is 90.6 cm³/mol. The Morgan fingerprint density at radius 3 is 2.79 bits per heavy atom. The quantitative estimate of drug-likeness (QED) is 0.851. The number of hydrogen-bond acceptors (Lipinski definition) is 4. The lowest BCUT2D eigenvalue weighted by Gasteiger charge is -2.35. The van der Waals surface area contributed by atoms with Crippen LogP contribution in [0.2, 0.25) is 0 Å². The molecule has 24 heavy (non-hydrogen) atoms. The zero-order chi connectivity index (χ0) is 17.3. The summed E-state index contributed by atoms with van der Waals surface area (Å²) >= 11 is 0. The molecule has 1 saturated heterocycles. The van der Waals surface area contributed by atoms with Gasteiger partial charge in [0.1, 0.15) is 17.1 Å².